The van der Waals surface area contributed by atoms with Crippen LogP contribution in [-0.2, 0) is 14.8 Å². The van der Waals surface area contributed by atoms with E-state index in [0.717, 1.165) is 9.87 Å². The normalized spacial score (nSPS) is 16.4. The molecular formula is C26H26Cl2N2O5S. The standard InChI is InChI=1S/C26H26Cl2N2O5S/c1-26(2)15-23(22-14-20(34-3)9-12-24(22)35-26)29-25(31)16-30(19-6-4-5-18(28)13-19)36(32,33)21-10-7-17(27)8-11-21/h4-14,23H,15-16H2,1-3H3,(H,29,31). The summed E-state index contributed by atoms with van der Waals surface area (Å²) in [6.07, 6.45) is 0.486. The SMILES string of the molecule is COc1ccc2c(c1)C(NC(=O)CN(c1cccc(Cl)c1)S(=O)(=O)c1ccc(Cl)cc1)CC(C)(C)O2. The molecule has 190 valence electrons. The zero-order valence-corrected chi connectivity index (χ0v) is 22.3. The molecular weight excluding hydrogens is 523 g/mol. The predicted octanol–water partition coefficient (Wildman–Crippen LogP) is 5.62. The summed E-state index contributed by atoms with van der Waals surface area (Å²) in [6, 6.07) is 17.1. The van der Waals surface area contributed by atoms with E-state index >= 15 is 0 Å². The number of anilines is 1. The first kappa shape index (κ1) is 26.1. The number of rotatable bonds is 7. The number of fused-ring (bicyclic) bond motifs is 1. The summed E-state index contributed by atoms with van der Waals surface area (Å²) in [6.45, 7) is 3.41. The van der Waals surface area contributed by atoms with Crippen LogP contribution >= 0.6 is 23.2 Å². The number of amides is 1. The van der Waals surface area contributed by atoms with Gasteiger partial charge < -0.3 is 14.8 Å². The second-order valence-corrected chi connectivity index (χ2v) is 11.8. The zero-order chi connectivity index (χ0) is 26.1. The van der Waals surface area contributed by atoms with E-state index in [1.807, 2.05) is 19.9 Å². The number of nitrogens with zero attached hydrogens (tertiary/aromatic N) is 1. The van der Waals surface area contributed by atoms with Crippen LogP contribution in [0.25, 0.3) is 0 Å². The van der Waals surface area contributed by atoms with Crippen LogP contribution in [0, 0.1) is 0 Å². The summed E-state index contributed by atoms with van der Waals surface area (Å²) in [5.74, 6) is 0.781. The summed E-state index contributed by atoms with van der Waals surface area (Å²) in [7, 11) is -2.54. The molecule has 3 aromatic carbocycles. The number of nitrogens with one attached hydrogen (secondary N) is 1. The van der Waals surface area contributed by atoms with Gasteiger partial charge in [-0.15, -0.1) is 0 Å². The van der Waals surface area contributed by atoms with Crippen molar-refractivity contribution in [3.05, 3.63) is 82.3 Å². The summed E-state index contributed by atoms with van der Waals surface area (Å²) in [5.41, 5.74) is 0.487. The number of halogens is 2. The van der Waals surface area contributed by atoms with Crippen LogP contribution in [0.15, 0.2) is 71.6 Å². The fraction of sp³-hybridized carbons (Fsp3) is 0.269. The fourth-order valence-electron chi connectivity index (χ4n) is 4.14. The van der Waals surface area contributed by atoms with Gasteiger partial charge in [0.05, 0.1) is 23.7 Å². The molecule has 1 heterocycles. The van der Waals surface area contributed by atoms with E-state index in [9.17, 15) is 13.2 Å². The molecule has 1 atom stereocenters. The number of sulfonamides is 1. The Morgan fingerprint density at radius 1 is 1.08 bits per heavy atom. The number of carbonyl (C=O) groups is 1. The van der Waals surface area contributed by atoms with Crippen LogP contribution in [0.3, 0.4) is 0 Å². The van der Waals surface area contributed by atoms with Gasteiger partial charge in [0.1, 0.15) is 23.6 Å². The second kappa shape index (κ2) is 10.2. The lowest BCUT2D eigenvalue weighted by molar-refractivity contribution is -0.120. The monoisotopic (exact) mass is 548 g/mol. The summed E-state index contributed by atoms with van der Waals surface area (Å²) in [5, 5.41) is 3.74. The molecule has 1 amide bonds. The fourth-order valence-corrected chi connectivity index (χ4v) is 5.86. The van der Waals surface area contributed by atoms with Gasteiger partial charge in [0.25, 0.3) is 10.0 Å². The van der Waals surface area contributed by atoms with Crippen LogP contribution in [-0.4, -0.2) is 33.6 Å². The minimum Gasteiger partial charge on any atom is -0.497 e. The first-order valence-electron chi connectivity index (χ1n) is 11.2. The Morgan fingerprint density at radius 2 is 1.81 bits per heavy atom. The van der Waals surface area contributed by atoms with Gasteiger partial charge in [-0.25, -0.2) is 8.42 Å². The van der Waals surface area contributed by atoms with Crippen molar-refractivity contribution in [1.29, 1.82) is 0 Å². The van der Waals surface area contributed by atoms with Gasteiger partial charge in [0.15, 0.2) is 0 Å². The highest BCUT2D eigenvalue weighted by Crippen LogP contribution is 2.41. The number of hydrogen-bond donors (Lipinski definition) is 1. The Labute approximate surface area is 221 Å². The van der Waals surface area contributed by atoms with Crippen molar-refractivity contribution < 1.29 is 22.7 Å². The third-order valence-corrected chi connectivity index (χ3v) is 8.07. The van der Waals surface area contributed by atoms with E-state index in [0.29, 0.717) is 28.0 Å². The van der Waals surface area contributed by atoms with Crippen molar-refractivity contribution >= 4 is 44.8 Å². The molecule has 7 nitrogen and oxygen atoms in total. The molecule has 0 radical (unpaired) electrons. The lowest BCUT2D eigenvalue weighted by Crippen LogP contribution is -2.45. The summed E-state index contributed by atoms with van der Waals surface area (Å²) < 4.78 is 39.6. The van der Waals surface area contributed by atoms with Gasteiger partial charge >= 0.3 is 0 Å². The first-order chi connectivity index (χ1) is 17.0. The average Bonchev–Trinajstić information content (AvgIpc) is 2.82. The molecule has 1 aliphatic heterocycles. The molecule has 4 rings (SSSR count). The molecule has 36 heavy (non-hydrogen) atoms. The largest absolute Gasteiger partial charge is 0.497 e. The third kappa shape index (κ3) is 5.72. The molecule has 0 aliphatic carbocycles. The number of methoxy groups -OCH3 is 1. The maximum atomic E-state index is 13.6. The molecule has 10 heteroatoms. The topological polar surface area (TPSA) is 84.9 Å². The summed E-state index contributed by atoms with van der Waals surface area (Å²) >= 11 is 12.1. The minimum absolute atomic E-state index is 0.00181. The Hall–Kier alpha value is -2.94. The zero-order valence-electron chi connectivity index (χ0n) is 20.0. The van der Waals surface area contributed by atoms with Crippen LogP contribution in [0.2, 0.25) is 10.0 Å². The Morgan fingerprint density at radius 3 is 2.47 bits per heavy atom. The molecule has 0 bridgehead atoms. The van der Waals surface area contributed by atoms with Crippen LogP contribution in [0.4, 0.5) is 5.69 Å². The van der Waals surface area contributed by atoms with Gasteiger partial charge in [-0.1, -0.05) is 29.3 Å². The average molecular weight is 549 g/mol. The molecule has 1 aliphatic rings. The molecule has 0 spiro atoms. The van der Waals surface area contributed by atoms with Gasteiger partial charge in [-0.3, -0.25) is 9.10 Å². The van der Waals surface area contributed by atoms with Crippen molar-refractivity contribution in [2.45, 2.75) is 36.8 Å². The number of ether oxygens (including phenoxy) is 2. The van der Waals surface area contributed by atoms with Gasteiger partial charge in [-0.05, 0) is 74.5 Å². The number of carbonyl (C=O) groups excluding carboxylic acids is 1. The van der Waals surface area contributed by atoms with Crippen LogP contribution < -0.4 is 19.1 Å². The van der Waals surface area contributed by atoms with Crippen LogP contribution in [0.1, 0.15) is 31.9 Å². The molecule has 0 saturated carbocycles. The molecule has 3 aromatic rings. The maximum absolute atomic E-state index is 13.6. The van der Waals surface area contributed by atoms with E-state index in [1.165, 1.54) is 30.3 Å². The molecule has 1 unspecified atom stereocenters. The number of benzene rings is 3. The minimum atomic E-state index is -4.11. The van der Waals surface area contributed by atoms with E-state index in [-0.39, 0.29) is 10.6 Å². The molecule has 0 fully saturated rings. The van der Waals surface area contributed by atoms with Crippen molar-refractivity contribution in [3.63, 3.8) is 0 Å². The van der Waals surface area contributed by atoms with E-state index in [4.69, 9.17) is 32.7 Å². The van der Waals surface area contributed by atoms with Crippen molar-refractivity contribution in [2.75, 3.05) is 18.0 Å². The Bertz CT molecular complexity index is 1380. The predicted molar refractivity (Wildman–Crippen MR) is 141 cm³/mol. The van der Waals surface area contributed by atoms with Gasteiger partial charge in [0.2, 0.25) is 5.91 Å². The molecule has 1 N–H and O–H groups in total. The van der Waals surface area contributed by atoms with Gasteiger partial charge in [-0.2, -0.15) is 0 Å². The van der Waals surface area contributed by atoms with Crippen molar-refractivity contribution in [2.24, 2.45) is 0 Å². The summed E-state index contributed by atoms with van der Waals surface area (Å²) in [4.78, 5) is 13.3. The van der Waals surface area contributed by atoms with Crippen molar-refractivity contribution in [3.8, 4) is 11.5 Å². The smallest absolute Gasteiger partial charge is 0.264 e. The maximum Gasteiger partial charge on any atom is 0.264 e. The van der Waals surface area contributed by atoms with E-state index in [2.05, 4.69) is 5.32 Å². The third-order valence-electron chi connectivity index (χ3n) is 5.79. The molecule has 0 aromatic heterocycles. The first-order valence-corrected chi connectivity index (χ1v) is 13.4. The lowest BCUT2D eigenvalue weighted by atomic mass is 9.89. The van der Waals surface area contributed by atoms with E-state index < -0.39 is 34.1 Å². The second-order valence-electron chi connectivity index (χ2n) is 9.04. The highest BCUT2D eigenvalue weighted by molar-refractivity contribution is 7.92. The van der Waals surface area contributed by atoms with E-state index in [1.54, 1.807) is 37.4 Å². The Kier molecular flexibility index (Phi) is 7.41. The highest BCUT2D eigenvalue weighted by Gasteiger charge is 2.36. The highest BCUT2D eigenvalue weighted by atomic mass is 35.5. The quantitative estimate of drug-likeness (QED) is 0.414. The number of hydrogen-bond acceptors (Lipinski definition) is 5. The molecule has 0 saturated heterocycles. The van der Waals surface area contributed by atoms with Gasteiger partial charge in [0, 0.05) is 22.0 Å². The van der Waals surface area contributed by atoms with Crippen LogP contribution in [0.5, 0.6) is 11.5 Å². The van der Waals surface area contributed by atoms with Crippen molar-refractivity contribution in [1.82, 2.24) is 5.32 Å². The Balaban J connectivity index is 1.66. The lowest BCUT2D eigenvalue weighted by Gasteiger charge is -2.38.